The number of allylic oxidation sites excluding steroid dienone is 1. The summed E-state index contributed by atoms with van der Waals surface area (Å²) in [6.45, 7) is 6.34. The minimum Gasteiger partial charge on any atom is -0.372 e. The molecule has 0 aliphatic carbocycles. The number of unbranched alkanes of at least 4 members (excludes halogenated alkanes) is 2. The fourth-order valence-corrected chi connectivity index (χ4v) is 4.80. The maximum atomic E-state index is 14.5. The highest BCUT2D eigenvalue weighted by molar-refractivity contribution is 7.14. The maximum Gasteiger partial charge on any atom is 0.252 e. The van der Waals surface area contributed by atoms with Crippen LogP contribution in [0, 0.1) is 46.2 Å². The summed E-state index contributed by atoms with van der Waals surface area (Å²) >= 11 is 1.02. The summed E-state index contributed by atoms with van der Waals surface area (Å²) < 4.78 is 56.6. The molecule has 0 atom stereocenters. The molecule has 3 rings (SSSR count). The molecule has 2 aromatic heterocycles. The third-order valence-electron chi connectivity index (χ3n) is 5.86. The molecule has 4 nitrogen and oxygen atoms in total. The van der Waals surface area contributed by atoms with Gasteiger partial charge < -0.3 is 4.90 Å². The van der Waals surface area contributed by atoms with Crippen LogP contribution in [-0.4, -0.2) is 18.1 Å². The van der Waals surface area contributed by atoms with Gasteiger partial charge in [-0.2, -0.15) is 24.3 Å². The Morgan fingerprint density at radius 1 is 0.868 bits per heavy atom. The summed E-state index contributed by atoms with van der Waals surface area (Å²) in [6, 6.07) is 14.3. The molecule has 0 bridgehead atoms. The van der Waals surface area contributed by atoms with Gasteiger partial charge in [-0.25, -0.2) is 8.78 Å². The van der Waals surface area contributed by atoms with E-state index in [9.17, 15) is 28.1 Å². The van der Waals surface area contributed by atoms with Gasteiger partial charge in [0.2, 0.25) is 0 Å². The van der Waals surface area contributed by atoms with E-state index in [0.29, 0.717) is 4.88 Å². The zero-order valence-corrected chi connectivity index (χ0v) is 21.9. The summed E-state index contributed by atoms with van der Waals surface area (Å²) in [6.07, 6.45) is 8.11. The predicted octanol–water partition coefficient (Wildman–Crippen LogP) is 8.13. The van der Waals surface area contributed by atoms with Gasteiger partial charge >= 0.3 is 0 Å². The van der Waals surface area contributed by atoms with Gasteiger partial charge in [0.1, 0.15) is 17.7 Å². The molecule has 1 aromatic carbocycles. The third kappa shape index (κ3) is 6.67. The second kappa shape index (κ2) is 13.6. The van der Waals surface area contributed by atoms with Gasteiger partial charge in [0.25, 0.3) is 11.9 Å². The first-order valence-electron chi connectivity index (χ1n) is 12.2. The van der Waals surface area contributed by atoms with Crippen molar-refractivity contribution in [2.45, 2.75) is 39.5 Å². The van der Waals surface area contributed by atoms with E-state index in [1.165, 1.54) is 6.07 Å². The Balaban J connectivity index is 1.90. The summed E-state index contributed by atoms with van der Waals surface area (Å²) in [5.41, 5.74) is -0.277. The van der Waals surface area contributed by atoms with Crippen LogP contribution in [0.15, 0.2) is 42.0 Å². The third-order valence-corrected chi connectivity index (χ3v) is 6.92. The number of rotatable bonds is 11. The fraction of sp³-hybridized carbons (Fsp3) is 0.276. The van der Waals surface area contributed by atoms with Crippen LogP contribution in [0.2, 0.25) is 0 Å². The molecule has 0 aliphatic heterocycles. The average molecular weight is 539 g/mol. The van der Waals surface area contributed by atoms with Crippen LogP contribution in [0.5, 0.6) is 0 Å². The lowest BCUT2D eigenvalue weighted by Gasteiger charge is -2.24. The summed E-state index contributed by atoms with van der Waals surface area (Å²) in [5.74, 6) is -7.29. The van der Waals surface area contributed by atoms with Gasteiger partial charge in [-0.3, -0.25) is 0 Å². The standard InChI is InChI=1S/C29H26F4N4S/c1-3-5-15-37(16-6-4-2)21-10-7-19(8-11-21)9-12-22-13-14-23(38-22)24(20(17-34)18-35)25-26(30)28(32)36-29(33)27(25)31/h7-14H,3-6,15-16H2,1-2H3/b12-9+. The highest BCUT2D eigenvalue weighted by Crippen LogP contribution is 2.36. The summed E-state index contributed by atoms with van der Waals surface area (Å²) in [4.78, 5) is 5.67. The molecule has 3 aromatic rings. The van der Waals surface area contributed by atoms with E-state index < -0.39 is 40.2 Å². The van der Waals surface area contributed by atoms with E-state index in [1.807, 2.05) is 18.2 Å². The zero-order valence-electron chi connectivity index (χ0n) is 21.1. The molecule has 0 fully saturated rings. The number of nitrogens with zero attached hydrogens (tertiary/aromatic N) is 4. The number of hydrogen-bond acceptors (Lipinski definition) is 5. The molecular weight excluding hydrogens is 512 g/mol. The number of benzene rings is 1. The first-order chi connectivity index (χ1) is 18.3. The minimum absolute atomic E-state index is 0.100. The van der Waals surface area contributed by atoms with Crippen molar-refractivity contribution in [2.75, 3.05) is 18.0 Å². The number of nitriles is 2. The van der Waals surface area contributed by atoms with Gasteiger partial charge in [0.05, 0.1) is 5.56 Å². The van der Waals surface area contributed by atoms with Crippen molar-refractivity contribution in [3.8, 4) is 12.1 Å². The Labute approximate surface area is 223 Å². The Hall–Kier alpha value is -3.95. The summed E-state index contributed by atoms with van der Waals surface area (Å²) in [7, 11) is 0. The molecule has 2 heterocycles. The number of pyridine rings is 1. The van der Waals surface area contributed by atoms with Crippen LogP contribution in [0.25, 0.3) is 17.7 Å². The molecule has 0 N–H and O–H groups in total. The van der Waals surface area contributed by atoms with E-state index in [-0.39, 0.29) is 4.88 Å². The molecule has 0 radical (unpaired) electrons. The molecule has 0 saturated heterocycles. The van der Waals surface area contributed by atoms with Crippen LogP contribution < -0.4 is 4.90 Å². The van der Waals surface area contributed by atoms with E-state index in [4.69, 9.17) is 0 Å². The topological polar surface area (TPSA) is 63.7 Å². The second-order valence-electron chi connectivity index (χ2n) is 8.49. The van der Waals surface area contributed by atoms with E-state index in [1.54, 1.807) is 24.3 Å². The van der Waals surface area contributed by atoms with E-state index >= 15 is 0 Å². The molecule has 0 unspecified atom stereocenters. The smallest absolute Gasteiger partial charge is 0.252 e. The molecule has 196 valence electrons. The molecule has 38 heavy (non-hydrogen) atoms. The number of hydrogen-bond donors (Lipinski definition) is 0. The Bertz CT molecular complexity index is 1360. The predicted molar refractivity (Wildman–Crippen MR) is 143 cm³/mol. The Morgan fingerprint density at radius 3 is 1.97 bits per heavy atom. The van der Waals surface area contributed by atoms with Crippen molar-refractivity contribution >= 4 is 34.7 Å². The lowest BCUT2D eigenvalue weighted by atomic mass is 9.99. The summed E-state index contributed by atoms with van der Waals surface area (Å²) in [5, 5.41) is 18.7. The first-order valence-corrected chi connectivity index (χ1v) is 13.0. The second-order valence-corrected chi connectivity index (χ2v) is 9.61. The highest BCUT2D eigenvalue weighted by Gasteiger charge is 2.27. The normalized spacial score (nSPS) is 10.8. The first kappa shape index (κ1) is 28.6. The lowest BCUT2D eigenvalue weighted by Crippen LogP contribution is -2.25. The maximum absolute atomic E-state index is 14.5. The van der Waals surface area contributed by atoms with Crippen molar-refractivity contribution in [3.63, 3.8) is 0 Å². The van der Waals surface area contributed by atoms with Crippen LogP contribution in [0.3, 0.4) is 0 Å². The van der Waals surface area contributed by atoms with Crippen molar-refractivity contribution < 1.29 is 17.6 Å². The van der Waals surface area contributed by atoms with E-state index in [0.717, 1.165) is 61.4 Å². The number of anilines is 1. The van der Waals surface area contributed by atoms with Gasteiger partial charge in [-0.1, -0.05) is 44.9 Å². The molecule has 0 spiro atoms. The van der Waals surface area contributed by atoms with Crippen molar-refractivity contribution in [2.24, 2.45) is 0 Å². The Kier molecular flexibility index (Phi) is 10.2. The van der Waals surface area contributed by atoms with Gasteiger partial charge in [-0.05, 0) is 48.7 Å². The minimum atomic E-state index is -1.87. The molecule has 9 heteroatoms. The number of thiophene rings is 1. The molecule has 0 aliphatic rings. The number of halogens is 4. The van der Waals surface area contributed by atoms with Gasteiger partial charge in [0.15, 0.2) is 11.6 Å². The van der Waals surface area contributed by atoms with Crippen molar-refractivity contribution in [1.29, 1.82) is 10.5 Å². The monoisotopic (exact) mass is 538 g/mol. The van der Waals surface area contributed by atoms with Gasteiger partial charge in [0, 0.05) is 34.1 Å². The van der Waals surface area contributed by atoms with E-state index in [2.05, 4.69) is 35.9 Å². The van der Waals surface area contributed by atoms with Gasteiger partial charge in [-0.15, -0.1) is 11.3 Å². The lowest BCUT2D eigenvalue weighted by molar-refractivity contribution is 0.404. The van der Waals surface area contributed by atoms with Crippen molar-refractivity contribution in [3.05, 3.63) is 86.4 Å². The Morgan fingerprint density at radius 2 is 1.45 bits per heavy atom. The molecule has 0 amide bonds. The zero-order chi connectivity index (χ0) is 27.7. The SMILES string of the molecule is CCCCN(CCCC)c1ccc(/C=C/c2ccc(C(=C(C#N)C#N)c3c(F)c(F)nc(F)c3F)s2)cc1. The average Bonchev–Trinajstić information content (AvgIpc) is 3.39. The highest BCUT2D eigenvalue weighted by atomic mass is 32.1. The largest absolute Gasteiger partial charge is 0.372 e. The molecular formula is C29H26F4N4S. The fourth-order valence-electron chi connectivity index (χ4n) is 3.83. The number of aromatic nitrogens is 1. The molecule has 0 saturated carbocycles. The van der Waals surface area contributed by atoms with Crippen molar-refractivity contribution in [1.82, 2.24) is 4.98 Å². The van der Waals surface area contributed by atoms with Crippen LogP contribution in [-0.2, 0) is 0 Å². The van der Waals surface area contributed by atoms with Crippen LogP contribution in [0.1, 0.15) is 60.4 Å². The quantitative estimate of drug-likeness (QED) is 0.140. The van der Waals surface area contributed by atoms with Crippen LogP contribution >= 0.6 is 11.3 Å². The van der Waals surface area contributed by atoms with Crippen LogP contribution in [0.4, 0.5) is 23.2 Å².